The third kappa shape index (κ3) is 8.73. The second kappa shape index (κ2) is 15.5. The Bertz CT molecular complexity index is 1740. The van der Waals surface area contributed by atoms with Gasteiger partial charge in [-0.25, -0.2) is 8.42 Å². The van der Waals surface area contributed by atoms with E-state index in [0.29, 0.717) is 16.5 Å². The number of rotatable bonds is 13. The molecule has 0 aliphatic heterocycles. The van der Waals surface area contributed by atoms with Crippen LogP contribution in [0.1, 0.15) is 42.4 Å². The van der Waals surface area contributed by atoms with Crippen LogP contribution in [0.15, 0.2) is 108 Å². The molecule has 1 saturated carbocycles. The SMILES string of the molecule is COc1ccc(S(=O)(=O)N(CC(=O)N(Cc2ccc(Cl)cc2)[C@@H](Cc2ccccc2)C(=O)NC2CCCC2)c2ccc(C)cc2)cc1. The van der Waals surface area contributed by atoms with E-state index < -0.39 is 28.5 Å². The maximum atomic E-state index is 14.6. The van der Waals surface area contributed by atoms with Crippen molar-refractivity contribution in [1.29, 1.82) is 0 Å². The molecule has 0 heterocycles. The largest absolute Gasteiger partial charge is 0.497 e. The fourth-order valence-corrected chi connectivity index (χ4v) is 7.36. The van der Waals surface area contributed by atoms with Gasteiger partial charge in [-0.3, -0.25) is 13.9 Å². The summed E-state index contributed by atoms with van der Waals surface area (Å²) < 4.78 is 34.8. The average molecular weight is 674 g/mol. The van der Waals surface area contributed by atoms with Crippen molar-refractivity contribution in [2.75, 3.05) is 18.0 Å². The molecule has 1 aliphatic rings. The third-order valence-electron chi connectivity index (χ3n) is 8.49. The van der Waals surface area contributed by atoms with Gasteiger partial charge >= 0.3 is 0 Å². The maximum absolute atomic E-state index is 14.6. The zero-order valence-corrected chi connectivity index (χ0v) is 28.2. The summed E-state index contributed by atoms with van der Waals surface area (Å²) in [6.07, 6.45) is 4.11. The molecular weight excluding hydrogens is 634 g/mol. The van der Waals surface area contributed by atoms with Gasteiger partial charge in [-0.15, -0.1) is 0 Å². The highest BCUT2D eigenvalue weighted by Gasteiger charge is 2.35. The van der Waals surface area contributed by atoms with E-state index in [0.717, 1.165) is 46.7 Å². The first-order valence-electron chi connectivity index (χ1n) is 15.8. The Kier molecular flexibility index (Phi) is 11.2. The van der Waals surface area contributed by atoms with Gasteiger partial charge in [-0.2, -0.15) is 0 Å². The number of hydrogen-bond acceptors (Lipinski definition) is 5. The van der Waals surface area contributed by atoms with Crippen LogP contribution in [-0.2, 0) is 32.6 Å². The van der Waals surface area contributed by atoms with Crippen molar-refractivity contribution in [2.24, 2.45) is 0 Å². The summed E-state index contributed by atoms with van der Waals surface area (Å²) in [5.74, 6) is -0.267. The van der Waals surface area contributed by atoms with Gasteiger partial charge in [0.15, 0.2) is 0 Å². The van der Waals surface area contributed by atoms with Crippen molar-refractivity contribution in [2.45, 2.75) is 62.6 Å². The molecule has 0 radical (unpaired) electrons. The van der Waals surface area contributed by atoms with Gasteiger partial charge in [0.2, 0.25) is 11.8 Å². The number of ether oxygens (including phenoxy) is 1. The molecule has 1 aliphatic carbocycles. The lowest BCUT2D eigenvalue weighted by Gasteiger charge is -2.34. The molecule has 8 nitrogen and oxygen atoms in total. The van der Waals surface area contributed by atoms with Crippen molar-refractivity contribution < 1.29 is 22.7 Å². The lowest BCUT2D eigenvalue weighted by Crippen LogP contribution is -2.54. The highest BCUT2D eigenvalue weighted by atomic mass is 35.5. The summed E-state index contributed by atoms with van der Waals surface area (Å²) >= 11 is 6.18. The second-order valence-electron chi connectivity index (χ2n) is 11.9. The molecule has 0 saturated heterocycles. The van der Waals surface area contributed by atoms with Crippen LogP contribution in [0, 0.1) is 6.92 Å². The molecule has 0 unspecified atom stereocenters. The van der Waals surface area contributed by atoms with Gasteiger partial charge in [0.05, 0.1) is 17.7 Å². The molecule has 4 aromatic rings. The first kappa shape index (κ1) is 34.0. The fourth-order valence-electron chi connectivity index (χ4n) is 5.82. The van der Waals surface area contributed by atoms with E-state index >= 15 is 0 Å². The zero-order valence-electron chi connectivity index (χ0n) is 26.6. The number of methoxy groups -OCH3 is 1. The van der Waals surface area contributed by atoms with Crippen LogP contribution in [0.25, 0.3) is 0 Å². The number of halogens is 1. The zero-order chi connectivity index (χ0) is 33.4. The van der Waals surface area contributed by atoms with Crippen molar-refractivity contribution in [3.63, 3.8) is 0 Å². The summed E-state index contributed by atoms with van der Waals surface area (Å²) in [4.78, 5) is 30.2. The van der Waals surface area contributed by atoms with Crippen molar-refractivity contribution in [1.82, 2.24) is 10.2 Å². The van der Waals surface area contributed by atoms with Crippen LogP contribution in [-0.4, -0.2) is 50.9 Å². The van der Waals surface area contributed by atoms with Crippen LogP contribution in [0.5, 0.6) is 5.75 Å². The fraction of sp³-hybridized carbons (Fsp3) is 0.297. The predicted octanol–water partition coefficient (Wildman–Crippen LogP) is 6.55. The van der Waals surface area contributed by atoms with E-state index in [-0.39, 0.29) is 29.8 Å². The minimum atomic E-state index is -4.21. The molecule has 10 heteroatoms. The summed E-state index contributed by atoms with van der Waals surface area (Å²) in [7, 11) is -2.71. The van der Waals surface area contributed by atoms with E-state index in [1.54, 1.807) is 48.5 Å². The second-order valence-corrected chi connectivity index (χ2v) is 14.2. The van der Waals surface area contributed by atoms with Crippen LogP contribution in [0.3, 0.4) is 0 Å². The molecule has 47 heavy (non-hydrogen) atoms. The number of nitrogens with zero attached hydrogens (tertiary/aromatic N) is 2. The van der Waals surface area contributed by atoms with Gasteiger partial charge in [-0.1, -0.05) is 84.6 Å². The molecule has 0 aromatic heterocycles. The number of hydrogen-bond donors (Lipinski definition) is 1. The molecule has 5 rings (SSSR count). The molecule has 0 bridgehead atoms. The number of carbonyl (C=O) groups is 2. The highest BCUT2D eigenvalue weighted by molar-refractivity contribution is 7.92. The predicted molar refractivity (Wildman–Crippen MR) is 185 cm³/mol. The number of aryl methyl sites for hydroxylation is 1. The normalized spacial score (nSPS) is 13.9. The number of amides is 2. The minimum Gasteiger partial charge on any atom is -0.497 e. The van der Waals surface area contributed by atoms with E-state index in [1.807, 2.05) is 49.4 Å². The van der Waals surface area contributed by atoms with Gasteiger partial charge in [0, 0.05) is 24.0 Å². The Labute approximate surface area is 282 Å². The summed E-state index contributed by atoms with van der Waals surface area (Å²) in [5, 5.41) is 3.73. The Morgan fingerprint density at radius 1 is 0.872 bits per heavy atom. The molecule has 4 aromatic carbocycles. The number of nitrogens with one attached hydrogen (secondary N) is 1. The molecule has 1 atom stereocenters. The van der Waals surface area contributed by atoms with Crippen LogP contribution in [0.2, 0.25) is 5.02 Å². The summed E-state index contributed by atoms with van der Waals surface area (Å²) in [5.41, 5.74) is 2.92. The Morgan fingerprint density at radius 2 is 1.51 bits per heavy atom. The smallest absolute Gasteiger partial charge is 0.264 e. The molecule has 246 valence electrons. The van der Waals surface area contributed by atoms with Crippen molar-refractivity contribution >= 4 is 39.1 Å². The first-order chi connectivity index (χ1) is 22.6. The van der Waals surface area contributed by atoms with Crippen LogP contribution < -0.4 is 14.4 Å². The summed E-state index contributed by atoms with van der Waals surface area (Å²) in [6.45, 7) is 1.46. The van der Waals surface area contributed by atoms with Gasteiger partial charge < -0.3 is 15.0 Å². The van der Waals surface area contributed by atoms with E-state index in [9.17, 15) is 18.0 Å². The quantitative estimate of drug-likeness (QED) is 0.174. The van der Waals surface area contributed by atoms with Crippen LogP contribution >= 0.6 is 11.6 Å². The van der Waals surface area contributed by atoms with Gasteiger partial charge in [0.25, 0.3) is 10.0 Å². The summed E-state index contributed by atoms with van der Waals surface area (Å²) in [6, 6.07) is 28.8. The number of anilines is 1. The number of carbonyl (C=O) groups excluding carboxylic acids is 2. The number of benzene rings is 4. The molecule has 1 N–H and O–H groups in total. The maximum Gasteiger partial charge on any atom is 0.264 e. The standard InChI is InChI=1S/C37H40ClN3O5S/c1-27-12-18-32(19-13-27)41(47(44,45)34-22-20-33(46-2)21-23-34)26-36(42)40(25-29-14-16-30(38)17-15-29)35(24-28-8-4-3-5-9-28)37(43)39-31-10-6-7-11-31/h3-5,8-9,12-23,31,35H,6-7,10-11,24-26H2,1-2H3,(H,39,43)/t35-/m0/s1. The first-order valence-corrected chi connectivity index (χ1v) is 17.6. The van der Waals surface area contributed by atoms with Crippen LogP contribution in [0.4, 0.5) is 5.69 Å². The Morgan fingerprint density at radius 3 is 2.13 bits per heavy atom. The lowest BCUT2D eigenvalue weighted by molar-refractivity contribution is -0.140. The minimum absolute atomic E-state index is 0.00994. The Balaban J connectivity index is 1.55. The lowest BCUT2D eigenvalue weighted by atomic mass is 10.0. The highest BCUT2D eigenvalue weighted by Crippen LogP contribution is 2.27. The Hall–Kier alpha value is -4.34. The molecule has 0 spiro atoms. The topological polar surface area (TPSA) is 96.0 Å². The van der Waals surface area contributed by atoms with E-state index in [2.05, 4.69) is 5.32 Å². The average Bonchev–Trinajstić information content (AvgIpc) is 3.60. The van der Waals surface area contributed by atoms with Crippen molar-refractivity contribution in [3.8, 4) is 5.75 Å². The molecule has 2 amide bonds. The van der Waals surface area contributed by atoms with Crippen molar-refractivity contribution in [3.05, 3.63) is 125 Å². The molecular formula is C37H40ClN3O5S. The van der Waals surface area contributed by atoms with Gasteiger partial charge in [0.1, 0.15) is 18.3 Å². The molecule has 1 fully saturated rings. The van der Waals surface area contributed by atoms with E-state index in [4.69, 9.17) is 16.3 Å². The third-order valence-corrected chi connectivity index (χ3v) is 10.5. The monoisotopic (exact) mass is 673 g/mol. The van der Waals surface area contributed by atoms with E-state index in [1.165, 1.54) is 24.1 Å². The number of sulfonamides is 1. The van der Waals surface area contributed by atoms with Gasteiger partial charge in [-0.05, 0) is 79.4 Å².